The summed E-state index contributed by atoms with van der Waals surface area (Å²) in [6.45, 7) is 2.04. The number of pyridine rings is 1. The molecule has 0 bridgehead atoms. The summed E-state index contributed by atoms with van der Waals surface area (Å²) < 4.78 is 0. The van der Waals surface area contributed by atoms with E-state index in [4.69, 9.17) is 34.8 Å². The molecule has 0 fully saturated rings. The molecule has 17 heavy (non-hydrogen) atoms. The molecule has 0 spiro atoms. The average molecular weight is 287 g/mol. The second kappa shape index (κ2) is 5.26. The van der Waals surface area contributed by atoms with Gasteiger partial charge in [0.2, 0.25) is 0 Å². The summed E-state index contributed by atoms with van der Waals surface area (Å²) in [6, 6.07) is 7.26. The normalized spacial score (nSPS) is 10.6. The molecule has 0 aliphatic heterocycles. The topological polar surface area (TPSA) is 12.9 Å². The Labute approximate surface area is 115 Å². The number of hydrogen-bond acceptors (Lipinski definition) is 1. The summed E-state index contributed by atoms with van der Waals surface area (Å²) in [5.74, 6) is 0. The lowest BCUT2D eigenvalue weighted by Crippen LogP contribution is -1.89. The first-order chi connectivity index (χ1) is 8.11. The van der Waals surface area contributed by atoms with E-state index in [1.165, 1.54) is 0 Å². The van der Waals surface area contributed by atoms with E-state index >= 15 is 0 Å². The number of hydrogen-bond donors (Lipinski definition) is 0. The zero-order chi connectivity index (χ0) is 12.4. The Kier molecular flexibility index (Phi) is 3.93. The van der Waals surface area contributed by atoms with E-state index in [0.29, 0.717) is 10.0 Å². The Bertz CT molecular complexity index is 552. The third kappa shape index (κ3) is 2.74. The van der Waals surface area contributed by atoms with Gasteiger partial charge in [0.15, 0.2) is 0 Å². The Hall–Kier alpha value is -0.760. The highest BCUT2D eigenvalue weighted by atomic mass is 35.5. The van der Waals surface area contributed by atoms with Crippen LogP contribution in [-0.2, 0) is 6.42 Å². The number of halogens is 3. The Morgan fingerprint density at radius 1 is 1.00 bits per heavy atom. The van der Waals surface area contributed by atoms with E-state index in [2.05, 4.69) is 4.98 Å². The molecule has 0 atom stereocenters. The fourth-order valence-corrected chi connectivity index (χ4v) is 2.12. The number of benzene rings is 1. The SMILES string of the molecule is CCc1cnc(-c2ccc(Cl)c(Cl)c2)cc1Cl. The van der Waals surface area contributed by atoms with Crippen LogP contribution in [0, 0.1) is 0 Å². The minimum atomic E-state index is 0.515. The lowest BCUT2D eigenvalue weighted by Gasteiger charge is -2.06. The molecular weight excluding hydrogens is 277 g/mol. The van der Waals surface area contributed by atoms with E-state index in [9.17, 15) is 0 Å². The third-order valence-corrected chi connectivity index (χ3v) is 3.62. The van der Waals surface area contributed by atoms with Gasteiger partial charge < -0.3 is 0 Å². The molecule has 0 unspecified atom stereocenters. The molecule has 1 heterocycles. The van der Waals surface area contributed by atoms with Gasteiger partial charge in [-0.3, -0.25) is 4.98 Å². The predicted octanol–water partition coefficient (Wildman–Crippen LogP) is 5.27. The first-order valence-corrected chi connectivity index (χ1v) is 6.35. The maximum Gasteiger partial charge on any atom is 0.0717 e. The summed E-state index contributed by atoms with van der Waals surface area (Å²) in [5, 5.41) is 1.77. The molecule has 0 aliphatic carbocycles. The van der Waals surface area contributed by atoms with Crippen molar-refractivity contribution < 1.29 is 0 Å². The van der Waals surface area contributed by atoms with Crippen molar-refractivity contribution in [2.24, 2.45) is 0 Å². The van der Waals surface area contributed by atoms with Gasteiger partial charge in [-0.1, -0.05) is 47.8 Å². The van der Waals surface area contributed by atoms with E-state index in [-0.39, 0.29) is 0 Å². The van der Waals surface area contributed by atoms with Crippen LogP contribution >= 0.6 is 34.8 Å². The Morgan fingerprint density at radius 3 is 2.35 bits per heavy atom. The summed E-state index contributed by atoms with van der Waals surface area (Å²) in [7, 11) is 0. The lowest BCUT2D eigenvalue weighted by molar-refractivity contribution is 1.11. The molecule has 0 aliphatic rings. The summed E-state index contributed by atoms with van der Waals surface area (Å²) >= 11 is 18.0. The van der Waals surface area contributed by atoms with Crippen LogP contribution in [0.25, 0.3) is 11.3 Å². The van der Waals surface area contributed by atoms with Crippen LogP contribution in [0.15, 0.2) is 30.5 Å². The van der Waals surface area contributed by atoms with Crippen molar-refractivity contribution in [3.8, 4) is 11.3 Å². The number of rotatable bonds is 2. The van der Waals surface area contributed by atoms with Crippen LogP contribution in [0.4, 0.5) is 0 Å². The first-order valence-electron chi connectivity index (χ1n) is 5.21. The van der Waals surface area contributed by atoms with Crippen molar-refractivity contribution in [1.29, 1.82) is 0 Å². The van der Waals surface area contributed by atoms with E-state index < -0.39 is 0 Å². The summed E-state index contributed by atoms with van der Waals surface area (Å²) in [6.07, 6.45) is 2.66. The van der Waals surface area contributed by atoms with Gasteiger partial charge in [-0.25, -0.2) is 0 Å². The minimum absolute atomic E-state index is 0.515. The van der Waals surface area contributed by atoms with Gasteiger partial charge in [0.25, 0.3) is 0 Å². The minimum Gasteiger partial charge on any atom is -0.256 e. The lowest BCUT2D eigenvalue weighted by atomic mass is 10.1. The standard InChI is InChI=1S/C13H10Cl3N/c1-2-8-7-17-13(6-11(8)15)9-3-4-10(14)12(16)5-9/h3-7H,2H2,1H3. The molecule has 0 radical (unpaired) electrons. The fraction of sp³-hybridized carbons (Fsp3) is 0.154. The van der Waals surface area contributed by atoms with Crippen molar-refractivity contribution in [3.63, 3.8) is 0 Å². The van der Waals surface area contributed by atoms with Crippen LogP contribution in [0.5, 0.6) is 0 Å². The first kappa shape index (κ1) is 12.7. The second-order valence-corrected chi connectivity index (χ2v) is 4.86. The second-order valence-electron chi connectivity index (χ2n) is 3.64. The van der Waals surface area contributed by atoms with Gasteiger partial charge in [-0.05, 0) is 30.2 Å². The molecule has 0 N–H and O–H groups in total. The zero-order valence-corrected chi connectivity index (χ0v) is 11.4. The highest BCUT2D eigenvalue weighted by Crippen LogP contribution is 2.29. The maximum atomic E-state index is 6.15. The van der Waals surface area contributed by atoms with Crippen LogP contribution in [-0.4, -0.2) is 4.98 Å². The number of aromatic nitrogens is 1. The fourth-order valence-electron chi connectivity index (χ4n) is 1.53. The van der Waals surface area contributed by atoms with Crippen molar-refractivity contribution >= 4 is 34.8 Å². The maximum absolute atomic E-state index is 6.15. The van der Waals surface area contributed by atoms with Gasteiger partial charge in [0, 0.05) is 16.8 Å². The molecule has 0 amide bonds. The molecule has 0 saturated heterocycles. The van der Waals surface area contributed by atoms with Crippen molar-refractivity contribution in [3.05, 3.63) is 51.1 Å². The Balaban J connectivity index is 2.46. The van der Waals surface area contributed by atoms with Gasteiger partial charge >= 0.3 is 0 Å². The molecule has 1 aromatic heterocycles. The average Bonchev–Trinajstić information content (AvgIpc) is 2.32. The van der Waals surface area contributed by atoms with Gasteiger partial charge in [-0.15, -0.1) is 0 Å². The zero-order valence-electron chi connectivity index (χ0n) is 9.17. The van der Waals surface area contributed by atoms with Crippen LogP contribution in [0.1, 0.15) is 12.5 Å². The molecular formula is C13H10Cl3N. The van der Waals surface area contributed by atoms with Crippen LogP contribution in [0.2, 0.25) is 15.1 Å². The molecule has 1 nitrogen and oxygen atoms in total. The molecule has 2 rings (SSSR count). The van der Waals surface area contributed by atoms with E-state index in [0.717, 1.165) is 28.3 Å². The number of nitrogens with zero attached hydrogens (tertiary/aromatic N) is 1. The van der Waals surface area contributed by atoms with Gasteiger partial charge in [-0.2, -0.15) is 0 Å². The van der Waals surface area contributed by atoms with Gasteiger partial charge in [0.05, 0.1) is 15.7 Å². The largest absolute Gasteiger partial charge is 0.256 e. The van der Waals surface area contributed by atoms with E-state index in [1.54, 1.807) is 18.3 Å². The molecule has 1 aromatic carbocycles. The summed E-state index contributed by atoms with van der Waals surface area (Å²) in [5.41, 5.74) is 2.74. The summed E-state index contributed by atoms with van der Waals surface area (Å²) in [4.78, 5) is 4.37. The van der Waals surface area contributed by atoms with Crippen molar-refractivity contribution in [1.82, 2.24) is 4.98 Å². The highest BCUT2D eigenvalue weighted by Gasteiger charge is 2.06. The Morgan fingerprint density at radius 2 is 1.76 bits per heavy atom. The monoisotopic (exact) mass is 285 g/mol. The van der Waals surface area contributed by atoms with Crippen LogP contribution < -0.4 is 0 Å². The van der Waals surface area contributed by atoms with Crippen LogP contribution in [0.3, 0.4) is 0 Å². The third-order valence-electron chi connectivity index (χ3n) is 2.53. The molecule has 2 aromatic rings. The highest BCUT2D eigenvalue weighted by molar-refractivity contribution is 6.42. The van der Waals surface area contributed by atoms with Crippen molar-refractivity contribution in [2.45, 2.75) is 13.3 Å². The molecule has 88 valence electrons. The molecule has 4 heteroatoms. The van der Waals surface area contributed by atoms with E-state index in [1.807, 2.05) is 19.1 Å². The molecule has 0 saturated carbocycles. The van der Waals surface area contributed by atoms with Gasteiger partial charge in [0.1, 0.15) is 0 Å². The predicted molar refractivity (Wildman–Crippen MR) is 74.1 cm³/mol. The quantitative estimate of drug-likeness (QED) is 0.732. The smallest absolute Gasteiger partial charge is 0.0717 e. The number of aryl methyl sites for hydroxylation is 1. The van der Waals surface area contributed by atoms with Crippen molar-refractivity contribution in [2.75, 3.05) is 0 Å².